The van der Waals surface area contributed by atoms with Crippen LogP contribution in [-0.4, -0.2) is 62.5 Å². The van der Waals surface area contributed by atoms with Crippen molar-refractivity contribution in [2.75, 3.05) is 55.0 Å². The fraction of sp³-hybridized carbons (Fsp3) is 0.467. The zero-order chi connectivity index (χ0) is 26.2. The van der Waals surface area contributed by atoms with E-state index in [-0.39, 0.29) is 29.7 Å². The molecule has 5 rings (SSSR count). The van der Waals surface area contributed by atoms with Crippen molar-refractivity contribution in [3.05, 3.63) is 59.8 Å². The van der Waals surface area contributed by atoms with Gasteiger partial charge in [0, 0.05) is 49.6 Å². The second-order valence-corrected chi connectivity index (χ2v) is 11.1. The minimum absolute atomic E-state index is 0.0787. The van der Waals surface area contributed by atoms with E-state index in [0.29, 0.717) is 19.5 Å². The average molecular weight is 503 g/mol. The molecule has 2 aliphatic heterocycles. The minimum Gasteiger partial charge on any atom is -0.497 e. The third kappa shape index (κ3) is 5.04. The van der Waals surface area contributed by atoms with Crippen LogP contribution >= 0.6 is 0 Å². The standard InChI is InChI=1S/C30H38N4O3/c1-5-25-29-24(18-30(2,3)19-27(29)35)31-23-8-6-7-9-26(23)34(25)20-28(36)33-16-14-32(15-17-33)21-10-12-22(37-4)13-11-21/h6-13,25,31H,5,14-20H2,1-4H3. The summed E-state index contributed by atoms with van der Waals surface area (Å²) in [5, 5.41) is 3.60. The Morgan fingerprint density at radius 2 is 1.73 bits per heavy atom. The molecule has 1 saturated heterocycles. The van der Waals surface area contributed by atoms with E-state index in [1.54, 1.807) is 7.11 Å². The van der Waals surface area contributed by atoms with Gasteiger partial charge in [-0.1, -0.05) is 32.9 Å². The maximum absolute atomic E-state index is 13.6. The molecule has 196 valence electrons. The number of anilines is 3. The zero-order valence-corrected chi connectivity index (χ0v) is 22.4. The Hall–Kier alpha value is -3.48. The Kier molecular flexibility index (Phi) is 6.88. The Balaban J connectivity index is 1.35. The van der Waals surface area contributed by atoms with Crippen molar-refractivity contribution in [1.82, 2.24) is 4.90 Å². The van der Waals surface area contributed by atoms with Crippen LogP contribution in [0.2, 0.25) is 0 Å². The van der Waals surface area contributed by atoms with Gasteiger partial charge in [0.15, 0.2) is 5.78 Å². The topological polar surface area (TPSA) is 65.1 Å². The Morgan fingerprint density at radius 3 is 2.41 bits per heavy atom. The van der Waals surface area contributed by atoms with Gasteiger partial charge in [0.25, 0.3) is 0 Å². The summed E-state index contributed by atoms with van der Waals surface area (Å²) in [6.07, 6.45) is 2.13. The number of piperazine rings is 1. The molecule has 0 aromatic heterocycles. The summed E-state index contributed by atoms with van der Waals surface area (Å²) >= 11 is 0. The van der Waals surface area contributed by atoms with Gasteiger partial charge in [0.05, 0.1) is 31.1 Å². The summed E-state index contributed by atoms with van der Waals surface area (Å²) in [4.78, 5) is 33.5. The van der Waals surface area contributed by atoms with Crippen molar-refractivity contribution in [3.63, 3.8) is 0 Å². The molecule has 1 unspecified atom stereocenters. The van der Waals surface area contributed by atoms with E-state index in [2.05, 4.69) is 60.2 Å². The summed E-state index contributed by atoms with van der Waals surface area (Å²) in [6, 6.07) is 16.1. The lowest BCUT2D eigenvalue weighted by Gasteiger charge is -2.40. The number of hydrogen-bond acceptors (Lipinski definition) is 6. The van der Waals surface area contributed by atoms with Gasteiger partial charge in [-0.3, -0.25) is 9.59 Å². The number of hydrogen-bond donors (Lipinski definition) is 1. The van der Waals surface area contributed by atoms with Gasteiger partial charge in [0.1, 0.15) is 5.75 Å². The number of allylic oxidation sites excluding steroid dienone is 1. The number of ether oxygens (including phenoxy) is 1. The van der Waals surface area contributed by atoms with E-state index in [1.165, 1.54) is 0 Å². The number of nitrogens with zero attached hydrogens (tertiary/aromatic N) is 3. The van der Waals surface area contributed by atoms with Gasteiger partial charge < -0.3 is 24.8 Å². The predicted molar refractivity (Wildman–Crippen MR) is 148 cm³/mol. The number of methoxy groups -OCH3 is 1. The lowest BCUT2D eigenvalue weighted by Crippen LogP contribution is -2.53. The lowest BCUT2D eigenvalue weighted by molar-refractivity contribution is -0.130. The highest BCUT2D eigenvalue weighted by Gasteiger charge is 2.40. The summed E-state index contributed by atoms with van der Waals surface area (Å²) in [5.41, 5.74) is 4.89. The van der Waals surface area contributed by atoms with E-state index < -0.39 is 0 Å². The molecule has 7 heteroatoms. The first kappa shape index (κ1) is 25.2. The number of ketones is 1. The monoisotopic (exact) mass is 502 g/mol. The van der Waals surface area contributed by atoms with Crippen LogP contribution in [0, 0.1) is 5.41 Å². The molecule has 2 aromatic rings. The molecule has 2 aromatic carbocycles. The number of rotatable bonds is 5. The van der Waals surface area contributed by atoms with Crippen molar-refractivity contribution in [2.45, 2.75) is 46.1 Å². The minimum atomic E-state index is -0.126. The number of carbonyl (C=O) groups is 2. The molecular weight excluding hydrogens is 464 g/mol. The number of nitrogens with one attached hydrogen (secondary N) is 1. The molecule has 3 aliphatic rings. The van der Waals surface area contributed by atoms with Gasteiger partial charge >= 0.3 is 0 Å². The smallest absolute Gasteiger partial charge is 0.242 e. The van der Waals surface area contributed by atoms with Gasteiger partial charge in [-0.05, 0) is 54.7 Å². The highest BCUT2D eigenvalue weighted by Crippen LogP contribution is 2.44. The van der Waals surface area contributed by atoms with Crippen molar-refractivity contribution in [1.29, 1.82) is 0 Å². The number of para-hydroxylation sites is 2. The van der Waals surface area contributed by atoms with Crippen molar-refractivity contribution < 1.29 is 14.3 Å². The quantitative estimate of drug-likeness (QED) is 0.640. The third-order valence-electron chi connectivity index (χ3n) is 7.89. The fourth-order valence-corrected chi connectivity index (χ4v) is 6.02. The molecule has 1 atom stereocenters. The zero-order valence-electron chi connectivity index (χ0n) is 22.4. The van der Waals surface area contributed by atoms with Crippen LogP contribution in [0.25, 0.3) is 0 Å². The average Bonchev–Trinajstić information content (AvgIpc) is 3.02. The van der Waals surface area contributed by atoms with Crippen molar-refractivity contribution in [3.8, 4) is 5.75 Å². The molecular formula is C30H38N4O3. The first-order valence-electron chi connectivity index (χ1n) is 13.4. The molecule has 2 heterocycles. The second-order valence-electron chi connectivity index (χ2n) is 11.1. The van der Waals surface area contributed by atoms with Crippen molar-refractivity contribution in [2.24, 2.45) is 5.41 Å². The largest absolute Gasteiger partial charge is 0.497 e. The maximum Gasteiger partial charge on any atom is 0.242 e. The van der Waals surface area contributed by atoms with Crippen LogP contribution in [-0.2, 0) is 9.59 Å². The summed E-state index contributed by atoms with van der Waals surface area (Å²) in [5.74, 6) is 1.15. The maximum atomic E-state index is 13.6. The molecule has 1 N–H and O–H groups in total. The van der Waals surface area contributed by atoms with Gasteiger partial charge in [-0.2, -0.15) is 0 Å². The molecule has 37 heavy (non-hydrogen) atoms. The van der Waals surface area contributed by atoms with Gasteiger partial charge in [-0.15, -0.1) is 0 Å². The van der Waals surface area contributed by atoms with E-state index in [9.17, 15) is 9.59 Å². The van der Waals surface area contributed by atoms with Crippen LogP contribution in [0.15, 0.2) is 59.8 Å². The Bertz CT molecular complexity index is 1200. The van der Waals surface area contributed by atoms with Crippen LogP contribution in [0.1, 0.15) is 40.0 Å². The number of Topliss-reactive ketones (excluding diaryl/α,β-unsaturated/α-hetero) is 1. The molecule has 0 radical (unpaired) electrons. The van der Waals surface area contributed by atoms with Gasteiger partial charge in [0.2, 0.25) is 5.91 Å². The molecule has 7 nitrogen and oxygen atoms in total. The Morgan fingerprint density at radius 1 is 1.03 bits per heavy atom. The number of amides is 1. The summed E-state index contributed by atoms with van der Waals surface area (Å²) < 4.78 is 5.27. The molecule has 1 amide bonds. The van der Waals surface area contributed by atoms with E-state index in [4.69, 9.17) is 4.74 Å². The van der Waals surface area contributed by atoms with Crippen LogP contribution in [0.4, 0.5) is 17.1 Å². The van der Waals surface area contributed by atoms with Crippen LogP contribution in [0.3, 0.4) is 0 Å². The van der Waals surface area contributed by atoms with Crippen LogP contribution < -0.4 is 19.9 Å². The first-order valence-corrected chi connectivity index (χ1v) is 13.4. The molecule has 0 saturated carbocycles. The van der Waals surface area contributed by atoms with E-state index in [1.807, 2.05) is 29.2 Å². The third-order valence-corrected chi connectivity index (χ3v) is 7.89. The number of fused-ring (bicyclic) bond motifs is 1. The summed E-state index contributed by atoms with van der Waals surface area (Å²) in [6.45, 7) is 9.61. The second kappa shape index (κ2) is 10.1. The van der Waals surface area contributed by atoms with E-state index in [0.717, 1.165) is 60.0 Å². The molecule has 1 fully saturated rings. The first-order chi connectivity index (χ1) is 17.8. The van der Waals surface area contributed by atoms with Crippen molar-refractivity contribution >= 4 is 28.8 Å². The molecule has 0 bridgehead atoms. The predicted octanol–water partition coefficient (Wildman–Crippen LogP) is 4.70. The highest BCUT2D eigenvalue weighted by atomic mass is 16.5. The van der Waals surface area contributed by atoms with E-state index >= 15 is 0 Å². The normalized spacial score (nSPS) is 21.1. The Labute approximate surface area is 220 Å². The van der Waals surface area contributed by atoms with Gasteiger partial charge in [-0.25, -0.2) is 0 Å². The lowest BCUT2D eigenvalue weighted by atomic mass is 9.74. The summed E-state index contributed by atoms with van der Waals surface area (Å²) in [7, 11) is 1.67. The SMILES string of the molecule is CCC1C2=C(CC(C)(C)CC2=O)Nc2ccccc2N1CC(=O)N1CCN(c2ccc(OC)cc2)CC1. The number of benzene rings is 2. The highest BCUT2D eigenvalue weighted by molar-refractivity contribution is 6.01. The number of carbonyl (C=O) groups excluding carboxylic acids is 2. The molecule has 1 aliphatic carbocycles. The molecule has 0 spiro atoms. The fourth-order valence-electron chi connectivity index (χ4n) is 6.02. The van der Waals surface area contributed by atoms with Crippen LogP contribution in [0.5, 0.6) is 5.75 Å².